The Hall–Kier alpha value is -2.51. The van der Waals surface area contributed by atoms with Crippen LogP contribution < -0.4 is 0 Å². The average molecular weight is 353 g/mol. The van der Waals surface area contributed by atoms with Gasteiger partial charge >= 0.3 is 17.6 Å². The van der Waals surface area contributed by atoms with Crippen molar-refractivity contribution in [3.63, 3.8) is 0 Å². The third-order valence-corrected chi connectivity index (χ3v) is 3.95. The Morgan fingerprint density at radius 1 is 1.40 bits per heavy atom. The highest BCUT2D eigenvalue weighted by atomic mass is 19.1. The van der Waals surface area contributed by atoms with Crippen molar-refractivity contribution in [1.29, 1.82) is 0 Å². The quantitative estimate of drug-likeness (QED) is 0.459. The van der Waals surface area contributed by atoms with E-state index < -0.39 is 45.3 Å². The molecule has 1 aliphatic carbocycles. The van der Waals surface area contributed by atoms with Crippen molar-refractivity contribution < 1.29 is 28.4 Å². The van der Waals surface area contributed by atoms with E-state index in [4.69, 9.17) is 9.47 Å². The van der Waals surface area contributed by atoms with Crippen LogP contribution in [0.3, 0.4) is 0 Å². The summed E-state index contributed by atoms with van der Waals surface area (Å²) in [6, 6.07) is 3.18. The van der Waals surface area contributed by atoms with Crippen molar-refractivity contribution in [2.24, 2.45) is 5.92 Å². The Bertz CT molecular complexity index is 726. The number of carbonyl (C=O) groups excluding carboxylic acids is 2. The molecule has 136 valence electrons. The second-order valence-corrected chi connectivity index (χ2v) is 6.91. The molecule has 0 spiro atoms. The van der Waals surface area contributed by atoms with Gasteiger partial charge in [-0.05, 0) is 45.7 Å². The van der Waals surface area contributed by atoms with Crippen LogP contribution in [0, 0.1) is 21.8 Å². The lowest BCUT2D eigenvalue weighted by atomic mass is 9.92. The van der Waals surface area contributed by atoms with Gasteiger partial charge < -0.3 is 9.47 Å². The standard InChI is InChI=1S/C17H20FNO6/c1-5-24-14(20)11-9-17(11,15(21)25-16(2,3)4)10-6-7-13(19(22)23)12(18)8-10/h6-8,11H,5,9H2,1-4H3. The second-order valence-electron chi connectivity index (χ2n) is 6.91. The molecule has 25 heavy (non-hydrogen) atoms. The Morgan fingerprint density at radius 3 is 2.52 bits per heavy atom. The fourth-order valence-electron chi connectivity index (χ4n) is 2.75. The Morgan fingerprint density at radius 2 is 2.04 bits per heavy atom. The minimum Gasteiger partial charge on any atom is -0.466 e. The van der Waals surface area contributed by atoms with Crippen molar-refractivity contribution in [2.45, 2.75) is 45.1 Å². The molecule has 0 bridgehead atoms. The fourth-order valence-corrected chi connectivity index (χ4v) is 2.75. The number of benzene rings is 1. The highest BCUT2D eigenvalue weighted by Crippen LogP contribution is 2.56. The van der Waals surface area contributed by atoms with Gasteiger partial charge in [-0.1, -0.05) is 6.07 Å². The molecular formula is C17H20FNO6. The minimum atomic E-state index is -1.38. The van der Waals surface area contributed by atoms with Crippen LogP contribution in [0.15, 0.2) is 18.2 Å². The van der Waals surface area contributed by atoms with Crippen molar-refractivity contribution >= 4 is 17.6 Å². The van der Waals surface area contributed by atoms with E-state index >= 15 is 0 Å². The molecule has 2 atom stereocenters. The van der Waals surface area contributed by atoms with Crippen LogP contribution >= 0.6 is 0 Å². The molecule has 2 rings (SSSR count). The number of ether oxygens (including phenoxy) is 2. The largest absolute Gasteiger partial charge is 0.466 e. The molecule has 0 aromatic heterocycles. The monoisotopic (exact) mass is 353 g/mol. The van der Waals surface area contributed by atoms with Gasteiger partial charge in [0.05, 0.1) is 17.4 Å². The highest BCUT2D eigenvalue weighted by molar-refractivity contribution is 5.96. The molecule has 1 aliphatic rings. The summed E-state index contributed by atoms with van der Waals surface area (Å²) in [6.07, 6.45) is 0.109. The fraction of sp³-hybridized carbons (Fsp3) is 0.529. The summed E-state index contributed by atoms with van der Waals surface area (Å²) in [4.78, 5) is 34.7. The van der Waals surface area contributed by atoms with Gasteiger partial charge in [0.2, 0.25) is 5.82 Å². The summed E-state index contributed by atoms with van der Waals surface area (Å²) in [5.74, 6) is -3.12. The number of nitrogens with zero attached hydrogens (tertiary/aromatic N) is 1. The first-order valence-electron chi connectivity index (χ1n) is 7.87. The molecule has 0 N–H and O–H groups in total. The number of hydrogen-bond donors (Lipinski definition) is 0. The molecule has 7 nitrogen and oxygen atoms in total. The smallest absolute Gasteiger partial charge is 0.318 e. The molecule has 0 aliphatic heterocycles. The Kier molecular flexibility index (Phi) is 4.83. The minimum absolute atomic E-state index is 0.109. The lowest BCUT2D eigenvalue weighted by Gasteiger charge is -2.24. The zero-order valence-electron chi connectivity index (χ0n) is 14.5. The van der Waals surface area contributed by atoms with Crippen molar-refractivity contribution in [3.8, 4) is 0 Å². The maximum absolute atomic E-state index is 14.0. The number of nitro groups is 1. The van der Waals surface area contributed by atoms with E-state index in [2.05, 4.69) is 0 Å². The summed E-state index contributed by atoms with van der Waals surface area (Å²) in [6.45, 7) is 6.82. The van der Waals surface area contributed by atoms with E-state index in [1.807, 2.05) is 0 Å². The third kappa shape index (κ3) is 3.62. The predicted molar refractivity (Wildman–Crippen MR) is 85.3 cm³/mol. The molecule has 1 saturated carbocycles. The predicted octanol–water partition coefficient (Wildman–Crippen LogP) is 2.90. The molecule has 0 saturated heterocycles. The zero-order valence-corrected chi connectivity index (χ0v) is 14.5. The topological polar surface area (TPSA) is 95.7 Å². The van der Waals surface area contributed by atoms with Crippen molar-refractivity contribution in [1.82, 2.24) is 0 Å². The summed E-state index contributed by atoms with van der Waals surface area (Å²) in [7, 11) is 0. The first-order valence-corrected chi connectivity index (χ1v) is 7.87. The van der Waals surface area contributed by atoms with Gasteiger partial charge in [0, 0.05) is 6.07 Å². The first kappa shape index (κ1) is 18.8. The molecule has 0 radical (unpaired) electrons. The van der Waals surface area contributed by atoms with Crippen LogP contribution in [0.5, 0.6) is 0 Å². The molecule has 8 heteroatoms. The van der Waals surface area contributed by atoms with Crippen LogP contribution in [0.1, 0.15) is 39.7 Å². The molecule has 0 amide bonds. The van der Waals surface area contributed by atoms with Crippen LogP contribution in [0.2, 0.25) is 0 Å². The third-order valence-electron chi connectivity index (χ3n) is 3.95. The summed E-state index contributed by atoms with van der Waals surface area (Å²) < 4.78 is 24.4. The van der Waals surface area contributed by atoms with E-state index in [-0.39, 0.29) is 18.6 Å². The second kappa shape index (κ2) is 6.42. The van der Waals surface area contributed by atoms with E-state index in [1.54, 1.807) is 27.7 Å². The molecule has 1 aromatic rings. The van der Waals surface area contributed by atoms with Gasteiger partial charge in [0.15, 0.2) is 0 Å². The Labute approximate surface area is 144 Å². The van der Waals surface area contributed by atoms with Crippen molar-refractivity contribution in [3.05, 3.63) is 39.7 Å². The van der Waals surface area contributed by atoms with Crippen LogP contribution in [-0.2, 0) is 24.5 Å². The maximum atomic E-state index is 14.0. The molecular weight excluding hydrogens is 333 g/mol. The number of nitro benzene ring substituents is 1. The molecule has 2 unspecified atom stereocenters. The van der Waals surface area contributed by atoms with E-state index in [0.717, 1.165) is 12.1 Å². The summed E-state index contributed by atoms with van der Waals surface area (Å²) in [5.41, 5.74) is -2.71. The molecule has 1 aromatic carbocycles. The van der Waals surface area contributed by atoms with Gasteiger partial charge in [-0.15, -0.1) is 0 Å². The average Bonchev–Trinajstić information content (AvgIpc) is 3.22. The molecule has 0 heterocycles. The van der Waals surface area contributed by atoms with Gasteiger partial charge in [-0.25, -0.2) is 0 Å². The highest BCUT2D eigenvalue weighted by Gasteiger charge is 2.67. The summed E-state index contributed by atoms with van der Waals surface area (Å²) in [5, 5.41) is 10.8. The van der Waals surface area contributed by atoms with Crippen LogP contribution in [0.4, 0.5) is 10.1 Å². The normalized spacial score (nSPS) is 22.2. The van der Waals surface area contributed by atoms with Gasteiger partial charge in [0.1, 0.15) is 11.0 Å². The lowest BCUT2D eigenvalue weighted by molar-refractivity contribution is -0.387. The van der Waals surface area contributed by atoms with Crippen LogP contribution in [-0.4, -0.2) is 29.1 Å². The van der Waals surface area contributed by atoms with E-state index in [9.17, 15) is 24.1 Å². The van der Waals surface area contributed by atoms with Gasteiger partial charge in [-0.3, -0.25) is 19.7 Å². The van der Waals surface area contributed by atoms with E-state index in [1.165, 1.54) is 6.07 Å². The SMILES string of the molecule is CCOC(=O)C1CC1(C(=O)OC(C)(C)C)c1ccc([N+](=O)[O-])c(F)c1. The van der Waals surface area contributed by atoms with Crippen LogP contribution in [0.25, 0.3) is 0 Å². The number of hydrogen-bond acceptors (Lipinski definition) is 6. The number of rotatable bonds is 5. The Balaban J connectivity index is 2.44. The number of halogens is 1. The van der Waals surface area contributed by atoms with Gasteiger partial charge in [0.25, 0.3) is 0 Å². The maximum Gasteiger partial charge on any atom is 0.318 e. The van der Waals surface area contributed by atoms with Crippen molar-refractivity contribution in [2.75, 3.05) is 6.61 Å². The first-order chi connectivity index (χ1) is 11.5. The lowest BCUT2D eigenvalue weighted by Crippen LogP contribution is -2.34. The van der Waals surface area contributed by atoms with Gasteiger partial charge in [-0.2, -0.15) is 4.39 Å². The zero-order chi connectivity index (χ0) is 19.0. The number of esters is 2. The summed E-state index contributed by atoms with van der Waals surface area (Å²) >= 11 is 0. The van der Waals surface area contributed by atoms with E-state index in [0.29, 0.717) is 0 Å². The molecule has 1 fully saturated rings. The number of carbonyl (C=O) groups is 2.